The summed E-state index contributed by atoms with van der Waals surface area (Å²) in [5.41, 5.74) is 1.62. The van der Waals surface area contributed by atoms with Crippen LogP contribution in [0.2, 0.25) is 0 Å². The van der Waals surface area contributed by atoms with Crippen LogP contribution in [0.4, 0.5) is 16.3 Å². The lowest BCUT2D eigenvalue weighted by Crippen LogP contribution is -2.31. The van der Waals surface area contributed by atoms with Crippen LogP contribution >= 0.6 is 0 Å². The van der Waals surface area contributed by atoms with Crippen LogP contribution in [0, 0.1) is 5.92 Å². The number of carbonyl (C=O) groups is 2. The standard InChI is InChI=1S/C19H22N4O3/c1-12(2)15-11-26-18(21-15)17-13(10-24)6-5-7-14(17)22-19(25)23-16-8-3-4-9-20-16/h3-10,12,15,18,21H,11H2,1-2H3,(H2,20,22,23,25). The van der Waals surface area contributed by atoms with Crippen LogP contribution in [0.15, 0.2) is 42.6 Å². The van der Waals surface area contributed by atoms with Gasteiger partial charge in [-0.15, -0.1) is 0 Å². The summed E-state index contributed by atoms with van der Waals surface area (Å²) < 4.78 is 5.84. The van der Waals surface area contributed by atoms with Crippen LogP contribution in [0.25, 0.3) is 0 Å². The average molecular weight is 354 g/mol. The second-order valence-corrected chi connectivity index (χ2v) is 6.45. The number of aromatic nitrogens is 1. The lowest BCUT2D eigenvalue weighted by atomic mass is 10.0. The first-order chi connectivity index (χ1) is 12.6. The minimum atomic E-state index is -0.450. The summed E-state index contributed by atoms with van der Waals surface area (Å²) >= 11 is 0. The zero-order valence-corrected chi connectivity index (χ0v) is 14.7. The Kier molecular flexibility index (Phi) is 5.60. The maximum Gasteiger partial charge on any atom is 0.324 e. The molecule has 1 aliphatic heterocycles. The Hall–Kier alpha value is -2.77. The van der Waals surface area contributed by atoms with E-state index in [0.717, 1.165) is 6.29 Å². The Balaban J connectivity index is 1.81. The zero-order chi connectivity index (χ0) is 18.5. The third-order valence-electron chi connectivity index (χ3n) is 4.30. The van der Waals surface area contributed by atoms with Crippen LogP contribution in [-0.2, 0) is 4.74 Å². The van der Waals surface area contributed by atoms with E-state index in [1.54, 1.807) is 42.6 Å². The molecular weight excluding hydrogens is 332 g/mol. The number of hydrogen-bond acceptors (Lipinski definition) is 5. The van der Waals surface area contributed by atoms with Gasteiger partial charge in [-0.2, -0.15) is 0 Å². The highest BCUT2D eigenvalue weighted by molar-refractivity contribution is 6.00. The van der Waals surface area contributed by atoms with Gasteiger partial charge in [0.2, 0.25) is 0 Å². The van der Waals surface area contributed by atoms with Gasteiger partial charge >= 0.3 is 6.03 Å². The number of carbonyl (C=O) groups excluding carboxylic acids is 2. The molecule has 1 fully saturated rings. The number of rotatable bonds is 5. The molecule has 2 unspecified atom stereocenters. The Bertz CT molecular complexity index is 780. The van der Waals surface area contributed by atoms with Crippen molar-refractivity contribution in [3.05, 3.63) is 53.7 Å². The van der Waals surface area contributed by atoms with Crippen molar-refractivity contribution in [1.29, 1.82) is 0 Å². The average Bonchev–Trinajstić information content (AvgIpc) is 3.12. The largest absolute Gasteiger partial charge is 0.357 e. The summed E-state index contributed by atoms with van der Waals surface area (Å²) in [6, 6.07) is 10.2. The van der Waals surface area contributed by atoms with Crippen molar-refractivity contribution < 1.29 is 14.3 Å². The summed E-state index contributed by atoms with van der Waals surface area (Å²) in [5, 5.41) is 8.83. The van der Waals surface area contributed by atoms with Gasteiger partial charge in [-0.05, 0) is 24.1 Å². The molecule has 1 aromatic carbocycles. The number of amides is 2. The highest BCUT2D eigenvalue weighted by atomic mass is 16.5. The minimum Gasteiger partial charge on any atom is -0.357 e. The molecule has 0 saturated carbocycles. The third-order valence-corrected chi connectivity index (χ3v) is 4.30. The Morgan fingerprint density at radius 1 is 1.27 bits per heavy atom. The molecule has 26 heavy (non-hydrogen) atoms. The van der Waals surface area contributed by atoms with Gasteiger partial charge in [-0.25, -0.2) is 9.78 Å². The zero-order valence-electron chi connectivity index (χ0n) is 14.7. The molecule has 136 valence electrons. The highest BCUT2D eigenvalue weighted by Gasteiger charge is 2.31. The summed E-state index contributed by atoms with van der Waals surface area (Å²) in [5.74, 6) is 0.834. The van der Waals surface area contributed by atoms with E-state index in [0.29, 0.717) is 35.2 Å². The number of urea groups is 1. The topological polar surface area (TPSA) is 92.3 Å². The van der Waals surface area contributed by atoms with Gasteiger partial charge in [0.1, 0.15) is 12.0 Å². The molecule has 7 heteroatoms. The fourth-order valence-corrected chi connectivity index (χ4v) is 2.84. The Morgan fingerprint density at radius 3 is 2.77 bits per heavy atom. The van der Waals surface area contributed by atoms with E-state index in [4.69, 9.17) is 4.74 Å². The van der Waals surface area contributed by atoms with E-state index in [-0.39, 0.29) is 6.04 Å². The summed E-state index contributed by atoms with van der Waals surface area (Å²) in [4.78, 5) is 27.9. The number of aldehydes is 1. The van der Waals surface area contributed by atoms with Crippen molar-refractivity contribution >= 4 is 23.8 Å². The van der Waals surface area contributed by atoms with Crippen molar-refractivity contribution in [3.8, 4) is 0 Å². The van der Waals surface area contributed by atoms with Crippen LogP contribution in [0.5, 0.6) is 0 Å². The van der Waals surface area contributed by atoms with E-state index < -0.39 is 12.3 Å². The maximum absolute atomic E-state index is 12.3. The smallest absolute Gasteiger partial charge is 0.324 e. The number of anilines is 2. The monoisotopic (exact) mass is 354 g/mol. The van der Waals surface area contributed by atoms with Crippen molar-refractivity contribution in [2.45, 2.75) is 26.1 Å². The van der Waals surface area contributed by atoms with E-state index in [2.05, 4.69) is 34.8 Å². The first-order valence-electron chi connectivity index (χ1n) is 8.53. The van der Waals surface area contributed by atoms with Gasteiger partial charge in [-0.1, -0.05) is 32.0 Å². The molecule has 7 nitrogen and oxygen atoms in total. The number of nitrogens with one attached hydrogen (secondary N) is 3. The molecule has 2 heterocycles. The molecule has 1 aromatic heterocycles. The summed E-state index contributed by atoms with van der Waals surface area (Å²) in [6.07, 6.45) is 1.91. The Morgan fingerprint density at radius 2 is 2.12 bits per heavy atom. The van der Waals surface area contributed by atoms with Crippen LogP contribution < -0.4 is 16.0 Å². The van der Waals surface area contributed by atoms with Crippen molar-refractivity contribution in [2.24, 2.45) is 5.92 Å². The third kappa shape index (κ3) is 4.07. The van der Waals surface area contributed by atoms with E-state index >= 15 is 0 Å². The molecular formula is C19H22N4O3. The molecule has 0 spiro atoms. The molecule has 2 amide bonds. The van der Waals surface area contributed by atoms with Gasteiger partial charge in [-0.3, -0.25) is 15.4 Å². The predicted octanol–water partition coefficient (Wildman–Crippen LogP) is 3.18. The first-order valence-corrected chi connectivity index (χ1v) is 8.53. The first kappa shape index (κ1) is 18.0. The lowest BCUT2D eigenvalue weighted by Gasteiger charge is -2.20. The second-order valence-electron chi connectivity index (χ2n) is 6.45. The molecule has 0 bridgehead atoms. The number of benzene rings is 1. The van der Waals surface area contributed by atoms with Crippen molar-refractivity contribution in [3.63, 3.8) is 0 Å². The van der Waals surface area contributed by atoms with E-state index in [9.17, 15) is 9.59 Å². The quantitative estimate of drug-likeness (QED) is 0.717. The van der Waals surface area contributed by atoms with Gasteiger partial charge in [0.25, 0.3) is 0 Å². The SMILES string of the molecule is CC(C)C1COC(c2c(C=O)cccc2NC(=O)Nc2ccccn2)N1. The fourth-order valence-electron chi connectivity index (χ4n) is 2.84. The van der Waals surface area contributed by atoms with E-state index in [1.165, 1.54) is 0 Å². The molecule has 3 rings (SSSR count). The molecule has 0 radical (unpaired) electrons. The predicted molar refractivity (Wildman–Crippen MR) is 99.2 cm³/mol. The summed E-state index contributed by atoms with van der Waals surface area (Å²) in [7, 11) is 0. The maximum atomic E-state index is 12.3. The van der Waals surface area contributed by atoms with Gasteiger partial charge in [0.15, 0.2) is 6.29 Å². The number of hydrogen-bond donors (Lipinski definition) is 3. The Labute approximate surface area is 152 Å². The van der Waals surface area contributed by atoms with Crippen molar-refractivity contribution in [2.75, 3.05) is 17.2 Å². The molecule has 3 N–H and O–H groups in total. The van der Waals surface area contributed by atoms with Gasteiger partial charge in [0, 0.05) is 23.4 Å². The molecule has 1 aliphatic rings. The van der Waals surface area contributed by atoms with Gasteiger partial charge in [0.05, 0.1) is 12.3 Å². The lowest BCUT2D eigenvalue weighted by molar-refractivity contribution is 0.0977. The molecule has 2 aromatic rings. The van der Waals surface area contributed by atoms with Gasteiger partial charge < -0.3 is 10.1 Å². The van der Waals surface area contributed by atoms with Crippen LogP contribution in [0.1, 0.15) is 36.0 Å². The molecule has 2 atom stereocenters. The number of pyridine rings is 1. The number of nitrogens with zero attached hydrogens (tertiary/aromatic N) is 1. The van der Waals surface area contributed by atoms with Crippen LogP contribution in [0.3, 0.4) is 0 Å². The normalized spacial score (nSPS) is 19.3. The van der Waals surface area contributed by atoms with Crippen molar-refractivity contribution in [1.82, 2.24) is 10.3 Å². The molecule has 0 aliphatic carbocycles. The fraction of sp³-hybridized carbons (Fsp3) is 0.316. The second kappa shape index (κ2) is 8.07. The number of ether oxygens (including phenoxy) is 1. The van der Waals surface area contributed by atoms with Crippen LogP contribution in [-0.4, -0.2) is 29.9 Å². The highest BCUT2D eigenvalue weighted by Crippen LogP contribution is 2.31. The van der Waals surface area contributed by atoms with E-state index in [1.807, 2.05) is 0 Å². The summed E-state index contributed by atoms with van der Waals surface area (Å²) in [6.45, 7) is 4.76. The molecule has 1 saturated heterocycles. The minimum absolute atomic E-state index is 0.190.